The number of amides is 1. The van der Waals surface area contributed by atoms with Crippen molar-refractivity contribution in [1.29, 1.82) is 0 Å². The Hall–Kier alpha value is -2.17. The van der Waals surface area contributed by atoms with Crippen LogP contribution < -0.4 is 5.32 Å². The van der Waals surface area contributed by atoms with E-state index in [1.807, 2.05) is 18.2 Å². The lowest BCUT2D eigenvalue weighted by molar-refractivity contribution is 0.0908. The summed E-state index contributed by atoms with van der Waals surface area (Å²) < 4.78 is 5.13. The zero-order valence-corrected chi connectivity index (χ0v) is 9.80. The molecule has 1 amide bonds. The molecule has 1 fully saturated rings. The van der Waals surface area contributed by atoms with Crippen LogP contribution in [0.15, 0.2) is 35.0 Å². The highest BCUT2D eigenvalue weighted by atomic mass is 16.5. The molecule has 0 unspecified atom stereocenters. The number of nitrogens with zero attached hydrogens (tertiary/aromatic N) is 2. The van der Waals surface area contributed by atoms with E-state index in [1.54, 1.807) is 12.3 Å². The van der Waals surface area contributed by atoms with Gasteiger partial charge in [-0.15, -0.1) is 0 Å². The van der Waals surface area contributed by atoms with Crippen molar-refractivity contribution in [1.82, 2.24) is 15.5 Å². The third kappa shape index (κ3) is 2.11. The van der Waals surface area contributed by atoms with Crippen molar-refractivity contribution in [3.63, 3.8) is 0 Å². The van der Waals surface area contributed by atoms with Crippen LogP contribution in [0.3, 0.4) is 0 Å². The van der Waals surface area contributed by atoms with E-state index in [9.17, 15) is 4.79 Å². The maximum Gasteiger partial charge on any atom is 0.273 e. The summed E-state index contributed by atoms with van der Waals surface area (Å²) in [6, 6.07) is 7.42. The molecule has 3 rings (SSSR count). The van der Waals surface area contributed by atoms with Gasteiger partial charge in [-0.1, -0.05) is 11.2 Å². The maximum absolute atomic E-state index is 11.8. The zero-order valence-electron chi connectivity index (χ0n) is 9.80. The van der Waals surface area contributed by atoms with Crippen molar-refractivity contribution in [2.75, 3.05) is 0 Å². The minimum absolute atomic E-state index is 0.175. The van der Waals surface area contributed by atoms with E-state index in [0.29, 0.717) is 23.2 Å². The van der Waals surface area contributed by atoms with Gasteiger partial charge in [0.15, 0.2) is 11.5 Å². The zero-order chi connectivity index (χ0) is 12.4. The van der Waals surface area contributed by atoms with Crippen molar-refractivity contribution in [3.05, 3.63) is 36.2 Å². The molecule has 2 aromatic heterocycles. The van der Waals surface area contributed by atoms with Crippen LogP contribution in [0.2, 0.25) is 0 Å². The van der Waals surface area contributed by atoms with Crippen LogP contribution in [-0.4, -0.2) is 22.1 Å². The predicted octanol–water partition coefficient (Wildman–Crippen LogP) is 2.02. The summed E-state index contributed by atoms with van der Waals surface area (Å²) in [5.74, 6) is 0.333. The predicted molar refractivity (Wildman–Crippen MR) is 64.8 cm³/mol. The lowest BCUT2D eigenvalue weighted by Gasteiger charge is -2.25. The molecule has 5 nitrogen and oxygen atoms in total. The van der Waals surface area contributed by atoms with E-state index >= 15 is 0 Å². The van der Waals surface area contributed by atoms with Gasteiger partial charge in [-0.3, -0.25) is 9.78 Å². The topological polar surface area (TPSA) is 68.0 Å². The van der Waals surface area contributed by atoms with Crippen molar-refractivity contribution in [2.24, 2.45) is 0 Å². The molecule has 1 N–H and O–H groups in total. The Kier molecular flexibility index (Phi) is 2.80. The van der Waals surface area contributed by atoms with Crippen molar-refractivity contribution < 1.29 is 9.32 Å². The smallest absolute Gasteiger partial charge is 0.273 e. The lowest BCUT2D eigenvalue weighted by Crippen LogP contribution is -2.39. The summed E-state index contributed by atoms with van der Waals surface area (Å²) in [7, 11) is 0. The highest BCUT2D eigenvalue weighted by molar-refractivity contribution is 5.93. The Morgan fingerprint density at radius 1 is 1.39 bits per heavy atom. The van der Waals surface area contributed by atoms with Crippen LogP contribution in [0.25, 0.3) is 11.5 Å². The van der Waals surface area contributed by atoms with Gasteiger partial charge in [-0.05, 0) is 31.4 Å². The van der Waals surface area contributed by atoms with Gasteiger partial charge in [0.05, 0.1) is 0 Å². The summed E-state index contributed by atoms with van der Waals surface area (Å²) in [5, 5.41) is 6.69. The molecule has 0 radical (unpaired) electrons. The van der Waals surface area contributed by atoms with Gasteiger partial charge in [-0.2, -0.15) is 0 Å². The Morgan fingerprint density at radius 2 is 2.28 bits per heavy atom. The standard InChI is InChI=1S/C13H13N3O2/c17-13(15-9-4-3-5-9)11-8-12(18-16-11)10-6-1-2-7-14-10/h1-2,6-9H,3-5H2,(H,15,17). The number of nitrogens with one attached hydrogen (secondary N) is 1. The van der Waals surface area contributed by atoms with Crippen LogP contribution in [0, 0.1) is 0 Å². The second-order valence-corrected chi connectivity index (χ2v) is 4.39. The number of pyridine rings is 1. The van der Waals surface area contributed by atoms with Crippen molar-refractivity contribution >= 4 is 5.91 Å². The van der Waals surface area contributed by atoms with E-state index in [-0.39, 0.29) is 5.91 Å². The summed E-state index contributed by atoms with van der Waals surface area (Å²) >= 11 is 0. The van der Waals surface area contributed by atoms with Gasteiger partial charge in [-0.25, -0.2) is 0 Å². The van der Waals surface area contributed by atoms with E-state index in [0.717, 1.165) is 12.8 Å². The van der Waals surface area contributed by atoms with Gasteiger partial charge in [0.1, 0.15) is 5.69 Å². The molecule has 0 aliphatic heterocycles. The molecule has 5 heteroatoms. The number of carbonyl (C=O) groups excluding carboxylic acids is 1. The normalized spacial score (nSPS) is 15.1. The average Bonchev–Trinajstić information content (AvgIpc) is 2.84. The highest BCUT2D eigenvalue weighted by Crippen LogP contribution is 2.20. The summed E-state index contributed by atoms with van der Waals surface area (Å²) in [5.41, 5.74) is 0.982. The molecule has 1 aliphatic carbocycles. The molecule has 0 bridgehead atoms. The minimum Gasteiger partial charge on any atom is -0.354 e. The van der Waals surface area contributed by atoms with E-state index in [4.69, 9.17) is 4.52 Å². The van der Waals surface area contributed by atoms with Crippen molar-refractivity contribution in [2.45, 2.75) is 25.3 Å². The Bertz CT molecular complexity index is 546. The number of hydrogen-bond donors (Lipinski definition) is 1. The quantitative estimate of drug-likeness (QED) is 0.895. The molecule has 0 spiro atoms. The molecular formula is C13H13N3O2. The van der Waals surface area contributed by atoms with Gasteiger partial charge in [0.25, 0.3) is 5.91 Å². The Balaban J connectivity index is 1.74. The molecule has 0 saturated heterocycles. The fourth-order valence-electron chi connectivity index (χ4n) is 1.82. The summed E-state index contributed by atoms with van der Waals surface area (Å²) in [4.78, 5) is 16.0. The largest absolute Gasteiger partial charge is 0.354 e. The number of rotatable bonds is 3. The average molecular weight is 243 g/mol. The molecule has 1 saturated carbocycles. The van der Waals surface area contributed by atoms with Crippen LogP contribution >= 0.6 is 0 Å². The fraction of sp³-hybridized carbons (Fsp3) is 0.308. The molecule has 0 atom stereocenters. The van der Waals surface area contributed by atoms with Crippen LogP contribution in [-0.2, 0) is 0 Å². The first kappa shape index (κ1) is 11.0. The first-order chi connectivity index (χ1) is 8.83. The van der Waals surface area contributed by atoms with Crippen molar-refractivity contribution in [3.8, 4) is 11.5 Å². The molecule has 18 heavy (non-hydrogen) atoms. The molecule has 92 valence electrons. The Morgan fingerprint density at radius 3 is 2.94 bits per heavy atom. The maximum atomic E-state index is 11.8. The van der Waals surface area contributed by atoms with Crippen LogP contribution in [0.1, 0.15) is 29.8 Å². The first-order valence-corrected chi connectivity index (χ1v) is 6.02. The third-order valence-electron chi connectivity index (χ3n) is 3.10. The van der Waals surface area contributed by atoms with E-state index in [1.165, 1.54) is 6.42 Å². The number of hydrogen-bond acceptors (Lipinski definition) is 4. The monoisotopic (exact) mass is 243 g/mol. The number of aromatic nitrogens is 2. The molecule has 2 heterocycles. The summed E-state index contributed by atoms with van der Waals surface area (Å²) in [6.45, 7) is 0. The van der Waals surface area contributed by atoms with Gasteiger partial charge in [0, 0.05) is 18.3 Å². The highest BCUT2D eigenvalue weighted by Gasteiger charge is 2.22. The van der Waals surface area contributed by atoms with Gasteiger partial charge in [0.2, 0.25) is 0 Å². The van der Waals surface area contributed by atoms with Crippen LogP contribution in [0.4, 0.5) is 0 Å². The second kappa shape index (κ2) is 4.60. The Labute approximate surface area is 104 Å². The van der Waals surface area contributed by atoms with Gasteiger partial charge < -0.3 is 9.84 Å². The molecule has 2 aromatic rings. The minimum atomic E-state index is -0.175. The van der Waals surface area contributed by atoms with Crippen LogP contribution in [0.5, 0.6) is 0 Å². The first-order valence-electron chi connectivity index (χ1n) is 6.02. The molecule has 1 aliphatic rings. The second-order valence-electron chi connectivity index (χ2n) is 4.39. The summed E-state index contributed by atoms with van der Waals surface area (Å²) in [6.07, 6.45) is 4.96. The molecular weight excluding hydrogens is 230 g/mol. The van der Waals surface area contributed by atoms with Gasteiger partial charge >= 0.3 is 0 Å². The lowest BCUT2D eigenvalue weighted by atomic mass is 9.93. The molecule has 0 aromatic carbocycles. The third-order valence-corrected chi connectivity index (χ3v) is 3.10. The SMILES string of the molecule is O=C(NC1CCC1)c1cc(-c2ccccn2)on1. The fourth-order valence-corrected chi connectivity index (χ4v) is 1.82. The van der Waals surface area contributed by atoms with E-state index in [2.05, 4.69) is 15.5 Å². The van der Waals surface area contributed by atoms with E-state index < -0.39 is 0 Å². The number of carbonyl (C=O) groups is 1.